The molecule has 1 aromatic heterocycles. The molecule has 1 heterocycles. The molecule has 0 aliphatic carbocycles. The second-order valence-electron chi connectivity index (χ2n) is 4.13. The van der Waals surface area contributed by atoms with Gasteiger partial charge in [0, 0.05) is 18.8 Å². The molecule has 1 atom stereocenters. The molecule has 0 fully saturated rings. The summed E-state index contributed by atoms with van der Waals surface area (Å²) in [5, 5.41) is 11.6. The van der Waals surface area contributed by atoms with Gasteiger partial charge in [-0.15, -0.1) is 0 Å². The number of carbonyl (C=O) groups is 1. The van der Waals surface area contributed by atoms with Crippen molar-refractivity contribution in [2.24, 2.45) is 0 Å². The third-order valence-corrected chi connectivity index (χ3v) is 2.14. The van der Waals surface area contributed by atoms with Crippen LogP contribution >= 0.6 is 0 Å². The summed E-state index contributed by atoms with van der Waals surface area (Å²) in [5.41, 5.74) is -0.375. The van der Waals surface area contributed by atoms with Crippen LogP contribution in [0.3, 0.4) is 0 Å². The van der Waals surface area contributed by atoms with Crippen molar-refractivity contribution in [3.05, 3.63) is 23.6 Å². The van der Waals surface area contributed by atoms with Gasteiger partial charge in [0.1, 0.15) is 5.56 Å². The molecular weight excluding hydrogens is 225 g/mol. The van der Waals surface area contributed by atoms with E-state index in [0.29, 0.717) is 6.54 Å². The number of halogens is 1. The zero-order chi connectivity index (χ0) is 13.0. The smallest absolute Gasteiger partial charge is 0.338 e. The Morgan fingerprint density at radius 2 is 2.29 bits per heavy atom. The summed E-state index contributed by atoms with van der Waals surface area (Å²) in [4.78, 5) is 16.5. The van der Waals surface area contributed by atoms with Crippen LogP contribution in [0.25, 0.3) is 0 Å². The number of nitrogens with one attached hydrogen (secondary N) is 1. The number of hydrogen-bond donors (Lipinski definition) is 2. The number of hydrogen-bond acceptors (Lipinski definition) is 4. The van der Waals surface area contributed by atoms with E-state index in [4.69, 9.17) is 5.11 Å². The van der Waals surface area contributed by atoms with E-state index < -0.39 is 11.8 Å². The molecule has 17 heavy (non-hydrogen) atoms. The molecule has 0 aliphatic rings. The van der Waals surface area contributed by atoms with E-state index in [0.717, 1.165) is 6.07 Å². The molecule has 0 aliphatic heterocycles. The molecule has 1 unspecified atom stereocenters. The molecule has 0 saturated heterocycles. The van der Waals surface area contributed by atoms with Crippen LogP contribution in [-0.2, 0) is 0 Å². The molecule has 5 nitrogen and oxygen atoms in total. The number of aromatic nitrogens is 1. The second kappa shape index (κ2) is 5.58. The summed E-state index contributed by atoms with van der Waals surface area (Å²) in [6.07, 6.45) is 1.28. The molecular formula is C11H16FN3O2. The van der Waals surface area contributed by atoms with Gasteiger partial charge in [-0.25, -0.2) is 14.2 Å². The summed E-state index contributed by atoms with van der Waals surface area (Å²) in [7, 11) is 3.80. The van der Waals surface area contributed by atoms with Crippen molar-refractivity contribution in [3.63, 3.8) is 0 Å². The van der Waals surface area contributed by atoms with Gasteiger partial charge in [-0.05, 0) is 27.1 Å². The quantitative estimate of drug-likeness (QED) is 0.813. The fourth-order valence-corrected chi connectivity index (χ4v) is 1.54. The third-order valence-electron chi connectivity index (χ3n) is 2.14. The molecule has 0 saturated carbocycles. The predicted octanol–water partition coefficient (Wildman–Crippen LogP) is 1.28. The number of carboxylic acids is 1. The fraction of sp³-hybridized carbons (Fsp3) is 0.455. The Labute approximate surface area is 99.3 Å². The van der Waals surface area contributed by atoms with Crippen LogP contribution in [-0.4, -0.2) is 47.6 Å². The van der Waals surface area contributed by atoms with Crippen LogP contribution in [0, 0.1) is 5.82 Å². The maximum atomic E-state index is 13.7. The topological polar surface area (TPSA) is 65.5 Å². The van der Waals surface area contributed by atoms with E-state index in [1.54, 1.807) is 0 Å². The number of pyridine rings is 1. The maximum absolute atomic E-state index is 13.7. The Kier molecular flexibility index (Phi) is 4.39. The van der Waals surface area contributed by atoms with Crippen LogP contribution in [0.5, 0.6) is 0 Å². The molecule has 0 spiro atoms. The summed E-state index contributed by atoms with van der Waals surface area (Å²) >= 11 is 0. The zero-order valence-corrected chi connectivity index (χ0v) is 10.1. The normalized spacial score (nSPS) is 12.5. The lowest BCUT2D eigenvalue weighted by Gasteiger charge is -2.19. The standard InChI is InChI=1S/C11H16FN3O2/c1-7(6-15(2)3)14-10-9(12)8(11(16)17)4-5-13-10/h4-5,7H,6H2,1-3H3,(H,13,14)(H,16,17). The van der Waals surface area contributed by atoms with Crippen LogP contribution in [0.15, 0.2) is 12.3 Å². The van der Waals surface area contributed by atoms with E-state index >= 15 is 0 Å². The summed E-state index contributed by atoms with van der Waals surface area (Å²) in [6.45, 7) is 2.56. The number of anilines is 1. The highest BCUT2D eigenvalue weighted by molar-refractivity contribution is 5.88. The Bertz CT molecular complexity index is 410. The lowest BCUT2D eigenvalue weighted by molar-refractivity contribution is 0.0692. The lowest BCUT2D eigenvalue weighted by atomic mass is 10.2. The molecule has 0 amide bonds. The fourth-order valence-electron chi connectivity index (χ4n) is 1.54. The van der Waals surface area contributed by atoms with Crippen LogP contribution in [0.1, 0.15) is 17.3 Å². The first kappa shape index (κ1) is 13.4. The lowest BCUT2D eigenvalue weighted by Crippen LogP contribution is -2.30. The summed E-state index contributed by atoms with van der Waals surface area (Å²) < 4.78 is 13.7. The van der Waals surface area contributed by atoms with E-state index in [-0.39, 0.29) is 17.4 Å². The Balaban J connectivity index is 2.85. The van der Waals surface area contributed by atoms with Gasteiger partial charge >= 0.3 is 5.97 Å². The van der Waals surface area contributed by atoms with Gasteiger partial charge in [0.25, 0.3) is 0 Å². The first-order valence-corrected chi connectivity index (χ1v) is 5.21. The molecule has 1 rings (SSSR count). The highest BCUT2D eigenvalue weighted by Crippen LogP contribution is 2.15. The first-order chi connectivity index (χ1) is 7.91. The van der Waals surface area contributed by atoms with Gasteiger partial charge in [-0.1, -0.05) is 0 Å². The van der Waals surface area contributed by atoms with Crippen molar-refractivity contribution in [2.75, 3.05) is 26.0 Å². The number of carboxylic acid groups (broad SMARTS) is 1. The molecule has 0 aromatic carbocycles. The van der Waals surface area contributed by atoms with Gasteiger partial charge in [0.05, 0.1) is 0 Å². The van der Waals surface area contributed by atoms with E-state index in [1.807, 2.05) is 25.9 Å². The average Bonchev–Trinajstić information content (AvgIpc) is 2.19. The molecule has 0 bridgehead atoms. The first-order valence-electron chi connectivity index (χ1n) is 5.21. The minimum Gasteiger partial charge on any atom is -0.478 e. The number of rotatable bonds is 5. The van der Waals surface area contributed by atoms with E-state index in [2.05, 4.69) is 10.3 Å². The Morgan fingerprint density at radius 1 is 1.65 bits per heavy atom. The largest absolute Gasteiger partial charge is 0.478 e. The van der Waals surface area contributed by atoms with Gasteiger partial charge in [-0.3, -0.25) is 0 Å². The highest BCUT2D eigenvalue weighted by Gasteiger charge is 2.16. The number of aromatic carboxylic acids is 1. The molecule has 2 N–H and O–H groups in total. The summed E-state index contributed by atoms with van der Waals surface area (Å²) in [5.74, 6) is -2.15. The van der Waals surface area contributed by atoms with Gasteiger partial charge < -0.3 is 15.3 Å². The van der Waals surface area contributed by atoms with E-state index in [1.165, 1.54) is 6.20 Å². The highest BCUT2D eigenvalue weighted by atomic mass is 19.1. The van der Waals surface area contributed by atoms with Gasteiger partial charge in [0.15, 0.2) is 11.6 Å². The van der Waals surface area contributed by atoms with Crippen molar-refractivity contribution in [1.82, 2.24) is 9.88 Å². The molecule has 0 radical (unpaired) electrons. The van der Waals surface area contributed by atoms with Gasteiger partial charge in [0.2, 0.25) is 0 Å². The van der Waals surface area contributed by atoms with Crippen molar-refractivity contribution in [1.29, 1.82) is 0 Å². The van der Waals surface area contributed by atoms with Crippen molar-refractivity contribution < 1.29 is 14.3 Å². The Hall–Kier alpha value is -1.69. The third kappa shape index (κ3) is 3.67. The SMILES string of the molecule is CC(CN(C)C)Nc1nccc(C(=O)O)c1F. The van der Waals surface area contributed by atoms with E-state index in [9.17, 15) is 9.18 Å². The predicted molar refractivity (Wildman–Crippen MR) is 62.8 cm³/mol. The monoisotopic (exact) mass is 241 g/mol. The average molecular weight is 241 g/mol. The van der Waals surface area contributed by atoms with Gasteiger partial charge in [-0.2, -0.15) is 0 Å². The minimum atomic E-state index is -1.30. The molecule has 94 valence electrons. The zero-order valence-electron chi connectivity index (χ0n) is 10.1. The summed E-state index contributed by atoms with van der Waals surface area (Å²) in [6, 6.07) is 1.11. The second-order valence-corrected chi connectivity index (χ2v) is 4.13. The maximum Gasteiger partial charge on any atom is 0.338 e. The number of likely N-dealkylation sites (N-methyl/N-ethyl adjacent to an activating group) is 1. The van der Waals surface area contributed by atoms with Crippen LogP contribution in [0.4, 0.5) is 10.2 Å². The Morgan fingerprint density at radius 3 is 2.82 bits per heavy atom. The van der Waals surface area contributed by atoms with Crippen molar-refractivity contribution in [3.8, 4) is 0 Å². The van der Waals surface area contributed by atoms with Crippen LogP contribution in [0.2, 0.25) is 0 Å². The van der Waals surface area contributed by atoms with Crippen molar-refractivity contribution in [2.45, 2.75) is 13.0 Å². The molecule has 1 aromatic rings. The number of nitrogens with zero attached hydrogens (tertiary/aromatic N) is 2. The van der Waals surface area contributed by atoms with Crippen LogP contribution < -0.4 is 5.32 Å². The minimum absolute atomic E-state index is 0.0285. The van der Waals surface area contributed by atoms with Crippen molar-refractivity contribution >= 4 is 11.8 Å². The molecule has 6 heteroatoms.